The highest BCUT2D eigenvalue weighted by molar-refractivity contribution is 7.88. The lowest BCUT2D eigenvalue weighted by atomic mass is 9.78. The van der Waals surface area contributed by atoms with Crippen LogP contribution in [0.15, 0.2) is 47.9 Å². The molecule has 1 unspecified atom stereocenters. The number of oxime groups is 1. The molecule has 1 atom stereocenters. The molecule has 1 aliphatic heterocycles. The van der Waals surface area contributed by atoms with E-state index in [2.05, 4.69) is 20.1 Å². The van der Waals surface area contributed by atoms with Gasteiger partial charge in [-0.05, 0) is 48.6 Å². The SMILES string of the molecule is Cc1nc(N)nc2c1/C(=N/OC1CN(S(C)(=O)=O)C1)CC(c1ccc(F)cc1-c1cccnc1)C2. The Labute approximate surface area is 202 Å². The summed E-state index contributed by atoms with van der Waals surface area (Å²) in [5, 5.41) is 4.44. The third-order valence-corrected chi connectivity index (χ3v) is 7.61. The summed E-state index contributed by atoms with van der Waals surface area (Å²) < 4.78 is 38.9. The maximum Gasteiger partial charge on any atom is 0.220 e. The van der Waals surface area contributed by atoms with E-state index in [1.807, 2.05) is 19.1 Å². The highest BCUT2D eigenvalue weighted by Gasteiger charge is 2.36. The maximum absolute atomic E-state index is 14.2. The van der Waals surface area contributed by atoms with Crippen molar-refractivity contribution in [1.82, 2.24) is 19.3 Å². The van der Waals surface area contributed by atoms with Gasteiger partial charge in [-0.3, -0.25) is 4.98 Å². The van der Waals surface area contributed by atoms with E-state index < -0.39 is 10.0 Å². The van der Waals surface area contributed by atoms with Crippen LogP contribution in [0.4, 0.5) is 10.3 Å². The number of hydrogen-bond acceptors (Lipinski definition) is 8. The van der Waals surface area contributed by atoms with Crippen molar-refractivity contribution < 1.29 is 17.6 Å². The molecule has 1 saturated heterocycles. The second-order valence-corrected chi connectivity index (χ2v) is 10.9. The van der Waals surface area contributed by atoms with E-state index in [1.165, 1.54) is 22.7 Å². The topological polar surface area (TPSA) is 124 Å². The fourth-order valence-corrected chi connectivity index (χ4v) is 5.53. The number of hydrogen-bond donors (Lipinski definition) is 1. The summed E-state index contributed by atoms with van der Waals surface area (Å²) >= 11 is 0. The lowest BCUT2D eigenvalue weighted by Gasteiger charge is -2.35. The zero-order chi connectivity index (χ0) is 24.7. The average Bonchev–Trinajstić information content (AvgIpc) is 2.77. The molecule has 1 aliphatic carbocycles. The molecule has 11 heteroatoms. The Morgan fingerprint density at radius 2 is 2.00 bits per heavy atom. The van der Waals surface area contributed by atoms with Crippen molar-refractivity contribution in [3.8, 4) is 11.1 Å². The van der Waals surface area contributed by atoms with Crippen LogP contribution in [0.1, 0.15) is 34.9 Å². The lowest BCUT2D eigenvalue weighted by Crippen LogP contribution is -2.53. The monoisotopic (exact) mass is 496 g/mol. The van der Waals surface area contributed by atoms with Gasteiger partial charge in [0.2, 0.25) is 16.0 Å². The first-order valence-electron chi connectivity index (χ1n) is 11.2. The van der Waals surface area contributed by atoms with E-state index in [1.54, 1.807) is 18.5 Å². The van der Waals surface area contributed by atoms with Crippen LogP contribution in [0.25, 0.3) is 11.1 Å². The van der Waals surface area contributed by atoms with E-state index in [-0.39, 0.29) is 36.9 Å². The van der Waals surface area contributed by atoms with Gasteiger partial charge in [0.25, 0.3) is 0 Å². The van der Waals surface area contributed by atoms with E-state index in [9.17, 15) is 12.8 Å². The molecule has 0 radical (unpaired) electrons. The largest absolute Gasteiger partial charge is 0.389 e. The summed E-state index contributed by atoms with van der Waals surface area (Å²) in [5.74, 6) is -0.219. The highest BCUT2D eigenvalue weighted by atomic mass is 32.2. The standard InChI is InChI=1S/C24H25FN6O3S/c1-14-23-21(29-24(26)28-14)8-16(9-22(23)30-34-18-12-31(13-18)35(2,32)33)19-6-5-17(25)10-20(19)15-4-3-7-27-11-15/h3-7,10-11,16,18H,8-9,12-13H2,1-2H3,(H2,26,28,29)/b30-22+. The molecule has 3 heterocycles. The van der Waals surface area contributed by atoms with Gasteiger partial charge in [-0.1, -0.05) is 17.3 Å². The van der Waals surface area contributed by atoms with Crippen LogP contribution in [0.3, 0.4) is 0 Å². The molecule has 35 heavy (non-hydrogen) atoms. The summed E-state index contributed by atoms with van der Waals surface area (Å²) in [7, 11) is -3.25. The van der Waals surface area contributed by atoms with Crippen molar-refractivity contribution in [2.24, 2.45) is 5.16 Å². The Kier molecular flexibility index (Phi) is 5.97. The molecule has 0 bridgehead atoms. The zero-order valence-corrected chi connectivity index (χ0v) is 20.2. The maximum atomic E-state index is 14.2. The minimum Gasteiger partial charge on any atom is -0.389 e. The number of nitrogen functional groups attached to an aromatic ring is 1. The number of rotatable bonds is 5. The van der Waals surface area contributed by atoms with E-state index in [0.29, 0.717) is 24.2 Å². The Morgan fingerprint density at radius 3 is 2.71 bits per heavy atom. The fraction of sp³-hybridized carbons (Fsp3) is 0.333. The van der Waals surface area contributed by atoms with Crippen LogP contribution < -0.4 is 5.73 Å². The summed E-state index contributed by atoms with van der Waals surface area (Å²) in [6, 6.07) is 8.47. The van der Waals surface area contributed by atoms with Crippen LogP contribution >= 0.6 is 0 Å². The van der Waals surface area contributed by atoms with Crippen molar-refractivity contribution in [1.29, 1.82) is 0 Å². The molecule has 2 aliphatic rings. The van der Waals surface area contributed by atoms with Gasteiger partial charge in [-0.15, -0.1) is 0 Å². The van der Waals surface area contributed by atoms with Crippen molar-refractivity contribution >= 4 is 21.7 Å². The molecular formula is C24H25FN6O3S. The Balaban J connectivity index is 1.50. The minimum atomic E-state index is -3.25. The number of nitrogens with two attached hydrogens (primary N) is 1. The molecule has 0 amide bonds. The van der Waals surface area contributed by atoms with Gasteiger partial charge >= 0.3 is 0 Å². The van der Waals surface area contributed by atoms with Crippen LogP contribution in [-0.2, 0) is 21.3 Å². The molecule has 0 saturated carbocycles. The molecule has 2 N–H and O–H groups in total. The third kappa shape index (κ3) is 4.73. The van der Waals surface area contributed by atoms with Crippen molar-refractivity contribution in [2.45, 2.75) is 31.8 Å². The summed E-state index contributed by atoms with van der Waals surface area (Å²) in [6.45, 7) is 2.36. The molecule has 5 rings (SSSR count). The first-order valence-corrected chi connectivity index (χ1v) is 13.0. The number of fused-ring (bicyclic) bond motifs is 1. The van der Waals surface area contributed by atoms with Crippen LogP contribution in [0.5, 0.6) is 0 Å². The van der Waals surface area contributed by atoms with Gasteiger partial charge < -0.3 is 10.6 Å². The smallest absolute Gasteiger partial charge is 0.220 e. The quantitative estimate of drug-likeness (QED) is 0.539. The Morgan fingerprint density at radius 1 is 1.20 bits per heavy atom. The first-order chi connectivity index (χ1) is 16.7. The number of halogens is 1. The average molecular weight is 497 g/mol. The van der Waals surface area contributed by atoms with Crippen molar-refractivity contribution in [3.63, 3.8) is 0 Å². The first kappa shape index (κ1) is 23.3. The normalized spacial score (nSPS) is 19.9. The third-order valence-electron chi connectivity index (χ3n) is 6.37. The fourth-order valence-electron chi connectivity index (χ4n) is 4.66. The molecule has 9 nitrogen and oxygen atoms in total. The van der Waals surface area contributed by atoms with Crippen LogP contribution in [-0.4, -0.2) is 58.8 Å². The summed E-state index contributed by atoms with van der Waals surface area (Å²) in [6.07, 6.45) is 5.32. The number of aromatic nitrogens is 3. The Bertz CT molecular complexity index is 1410. The number of aryl methyl sites for hydroxylation is 1. The van der Waals surface area contributed by atoms with Crippen molar-refractivity contribution in [3.05, 3.63) is 71.1 Å². The molecule has 3 aromatic rings. The summed E-state index contributed by atoms with van der Waals surface area (Å²) in [4.78, 5) is 18.7. The number of nitrogens with zero attached hydrogens (tertiary/aromatic N) is 5. The minimum absolute atomic E-state index is 0.0664. The molecule has 182 valence electrons. The molecule has 2 aromatic heterocycles. The zero-order valence-electron chi connectivity index (χ0n) is 19.3. The van der Waals surface area contributed by atoms with E-state index in [0.717, 1.165) is 27.9 Å². The highest BCUT2D eigenvalue weighted by Crippen LogP contribution is 2.38. The lowest BCUT2D eigenvalue weighted by molar-refractivity contribution is -0.0171. The second-order valence-electron chi connectivity index (χ2n) is 8.91. The Hall–Kier alpha value is -3.44. The van der Waals surface area contributed by atoms with E-state index in [4.69, 9.17) is 10.6 Å². The van der Waals surface area contributed by atoms with Gasteiger partial charge in [-0.2, -0.15) is 4.31 Å². The number of benzene rings is 1. The second kappa shape index (κ2) is 8.97. The van der Waals surface area contributed by atoms with Gasteiger partial charge in [0.1, 0.15) is 5.82 Å². The van der Waals surface area contributed by atoms with Gasteiger partial charge in [-0.25, -0.2) is 22.8 Å². The molecule has 1 aromatic carbocycles. The van der Waals surface area contributed by atoms with Crippen molar-refractivity contribution in [2.75, 3.05) is 25.1 Å². The molecule has 1 fully saturated rings. The van der Waals surface area contributed by atoms with Crippen LogP contribution in [0, 0.1) is 12.7 Å². The van der Waals surface area contributed by atoms with Gasteiger partial charge in [0, 0.05) is 29.9 Å². The molecule has 0 spiro atoms. The van der Waals surface area contributed by atoms with Gasteiger partial charge in [0.05, 0.1) is 36.4 Å². The van der Waals surface area contributed by atoms with Crippen LogP contribution in [0.2, 0.25) is 0 Å². The summed E-state index contributed by atoms with van der Waals surface area (Å²) in [5.41, 5.74) is 11.4. The van der Waals surface area contributed by atoms with Gasteiger partial charge in [0.15, 0.2) is 6.10 Å². The predicted octanol–water partition coefficient (Wildman–Crippen LogP) is 2.66. The number of sulfonamides is 1. The van der Waals surface area contributed by atoms with E-state index >= 15 is 0 Å². The number of anilines is 1. The number of pyridine rings is 1. The predicted molar refractivity (Wildman–Crippen MR) is 130 cm³/mol. The molecular weight excluding hydrogens is 471 g/mol.